The zero-order valence-electron chi connectivity index (χ0n) is 16.2. The van der Waals surface area contributed by atoms with E-state index in [-0.39, 0.29) is 5.91 Å². The fourth-order valence-corrected chi connectivity index (χ4v) is 4.01. The molecular weight excluding hydrogens is 368 g/mol. The van der Waals surface area contributed by atoms with E-state index in [0.717, 1.165) is 37.6 Å². The number of nitriles is 1. The number of piperazine rings is 1. The minimum Gasteiger partial charge on any atom is -0.368 e. The largest absolute Gasteiger partial charge is 0.368 e. The Balaban J connectivity index is 1.36. The number of para-hydroxylation sites is 1. The Morgan fingerprint density at radius 2 is 1.82 bits per heavy atom. The standard InChI is InChI=1S/C22H26N4OS/c1-18-6-8-20(9-7-18)28-15-10-24-22(27)17-25-11-13-26(14-12-25)21-5-3-2-4-19(21)16-23/h2-9H,10-15,17H2,1H3,(H,24,27). The predicted octanol–water partition coefficient (Wildman–Crippen LogP) is 2.90. The van der Waals surface area contributed by atoms with E-state index in [2.05, 4.69) is 52.4 Å². The van der Waals surface area contributed by atoms with Gasteiger partial charge in [0.2, 0.25) is 5.91 Å². The van der Waals surface area contributed by atoms with Crippen LogP contribution in [0, 0.1) is 18.3 Å². The zero-order valence-corrected chi connectivity index (χ0v) is 17.0. The second-order valence-corrected chi connectivity index (χ2v) is 8.07. The Labute approximate surface area is 171 Å². The summed E-state index contributed by atoms with van der Waals surface area (Å²) in [5, 5.41) is 12.3. The van der Waals surface area contributed by atoms with E-state index in [4.69, 9.17) is 0 Å². The number of anilines is 1. The quantitative estimate of drug-likeness (QED) is 0.578. The van der Waals surface area contributed by atoms with Gasteiger partial charge in [0.05, 0.1) is 17.8 Å². The fraction of sp³-hybridized carbons (Fsp3) is 0.364. The van der Waals surface area contributed by atoms with Gasteiger partial charge in [-0.2, -0.15) is 5.26 Å². The van der Waals surface area contributed by atoms with Crippen molar-refractivity contribution in [3.8, 4) is 6.07 Å². The maximum Gasteiger partial charge on any atom is 0.234 e. The van der Waals surface area contributed by atoms with E-state index < -0.39 is 0 Å². The third-order valence-corrected chi connectivity index (χ3v) is 5.83. The van der Waals surface area contributed by atoms with Crippen molar-refractivity contribution in [3.63, 3.8) is 0 Å². The van der Waals surface area contributed by atoms with Crippen LogP contribution in [-0.2, 0) is 4.79 Å². The van der Waals surface area contributed by atoms with Crippen LogP contribution in [0.3, 0.4) is 0 Å². The number of nitrogens with one attached hydrogen (secondary N) is 1. The first kappa shape index (κ1) is 20.2. The number of carbonyl (C=O) groups is 1. The number of thioether (sulfide) groups is 1. The SMILES string of the molecule is Cc1ccc(SCCNC(=O)CN2CCN(c3ccccc3C#N)CC2)cc1. The maximum atomic E-state index is 12.2. The number of benzene rings is 2. The van der Waals surface area contributed by atoms with Crippen LogP contribution in [-0.4, -0.2) is 55.8 Å². The number of aryl methyl sites for hydroxylation is 1. The summed E-state index contributed by atoms with van der Waals surface area (Å²) in [7, 11) is 0. The second kappa shape index (κ2) is 10.2. The van der Waals surface area contributed by atoms with Gasteiger partial charge in [-0.05, 0) is 31.2 Å². The van der Waals surface area contributed by atoms with Crippen molar-refractivity contribution < 1.29 is 4.79 Å². The molecular formula is C22H26N4OS. The third-order valence-electron chi connectivity index (χ3n) is 4.82. The van der Waals surface area contributed by atoms with Gasteiger partial charge in [0, 0.05) is 43.4 Å². The molecule has 1 saturated heterocycles. The summed E-state index contributed by atoms with van der Waals surface area (Å²) in [4.78, 5) is 17.8. The van der Waals surface area contributed by atoms with E-state index in [1.807, 2.05) is 24.3 Å². The highest BCUT2D eigenvalue weighted by atomic mass is 32.2. The molecule has 28 heavy (non-hydrogen) atoms. The first-order valence-electron chi connectivity index (χ1n) is 9.58. The summed E-state index contributed by atoms with van der Waals surface area (Å²) in [6.45, 7) is 6.49. The molecule has 0 bridgehead atoms. The fourth-order valence-electron chi connectivity index (χ4n) is 3.24. The average molecular weight is 395 g/mol. The summed E-state index contributed by atoms with van der Waals surface area (Å²) >= 11 is 1.76. The van der Waals surface area contributed by atoms with Crippen LogP contribution in [0.15, 0.2) is 53.4 Å². The summed E-state index contributed by atoms with van der Waals surface area (Å²) in [5.41, 5.74) is 2.95. The van der Waals surface area contributed by atoms with Gasteiger partial charge in [-0.25, -0.2) is 0 Å². The second-order valence-electron chi connectivity index (χ2n) is 6.90. The molecule has 2 aromatic rings. The molecule has 146 valence electrons. The van der Waals surface area contributed by atoms with Gasteiger partial charge in [-0.15, -0.1) is 11.8 Å². The molecule has 0 aliphatic carbocycles. The van der Waals surface area contributed by atoms with Gasteiger partial charge in [0.15, 0.2) is 0 Å². The molecule has 0 spiro atoms. The Morgan fingerprint density at radius 3 is 2.54 bits per heavy atom. The molecule has 1 heterocycles. The van der Waals surface area contributed by atoms with E-state index in [9.17, 15) is 10.1 Å². The molecule has 0 atom stereocenters. The minimum atomic E-state index is 0.0791. The lowest BCUT2D eigenvalue weighted by atomic mass is 10.1. The van der Waals surface area contributed by atoms with Crippen LogP contribution in [0.25, 0.3) is 0 Å². The number of carbonyl (C=O) groups excluding carboxylic acids is 1. The van der Waals surface area contributed by atoms with Crippen LogP contribution in [0.2, 0.25) is 0 Å². The van der Waals surface area contributed by atoms with Crippen LogP contribution >= 0.6 is 11.8 Å². The lowest BCUT2D eigenvalue weighted by Gasteiger charge is -2.36. The Bertz CT molecular complexity index is 823. The van der Waals surface area contributed by atoms with Crippen molar-refractivity contribution in [1.82, 2.24) is 10.2 Å². The molecule has 5 nitrogen and oxygen atoms in total. The van der Waals surface area contributed by atoms with E-state index in [0.29, 0.717) is 18.7 Å². The van der Waals surface area contributed by atoms with Gasteiger partial charge in [-0.1, -0.05) is 29.8 Å². The maximum absolute atomic E-state index is 12.2. The lowest BCUT2D eigenvalue weighted by molar-refractivity contribution is -0.122. The molecule has 0 saturated carbocycles. The molecule has 0 radical (unpaired) electrons. The Kier molecular flexibility index (Phi) is 7.35. The first-order valence-corrected chi connectivity index (χ1v) is 10.6. The van der Waals surface area contributed by atoms with Crippen molar-refractivity contribution in [3.05, 3.63) is 59.7 Å². The van der Waals surface area contributed by atoms with Crippen molar-refractivity contribution >= 4 is 23.4 Å². The smallest absolute Gasteiger partial charge is 0.234 e. The van der Waals surface area contributed by atoms with Crippen LogP contribution < -0.4 is 10.2 Å². The average Bonchev–Trinajstić information content (AvgIpc) is 2.73. The van der Waals surface area contributed by atoms with Crippen LogP contribution in [0.5, 0.6) is 0 Å². The number of nitrogens with zero attached hydrogens (tertiary/aromatic N) is 3. The molecule has 1 aliphatic rings. The Morgan fingerprint density at radius 1 is 1.11 bits per heavy atom. The van der Waals surface area contributed by atoms with Crippen molar-refractivity contribution in [1.29, 1.82) is 5.26 Å². The van der Waals surface area contributed by atoms with E-state index in [1.54, 1.807) is 11.8 Å². The van der Waals surface area contributed by atoms with E-state index >= 15 is 0 Å². The summed E-state index contributed by atoms with van der Waals surface area (Å²) in [5.74, 6) is 0.948. The topological polar surface area (TPSA) is 59.4 Å². The van der Waals surface area contributed by atoms with Crippen molar-refractivity contribution in [2.24, 2.45) is 0 Å². The molecule has 1 N–H and O–H groups in total. The van der Waals surface area contributed by atoms with Gasteiger partial charge in [-0.3, -0.25) is 9.69 Å². The summed E-state index contributed by atoms with van der Waals surface area (Å²) < 4.78 is 0. The van der Waals surface area contributed by atoms with Crippen LogP contribution in [0.1, 0.15) is 11.1 Å². The Hall–Kier alpha value is -2.49. The monoisotopic (exact) mass is 394 g/mol. The molecule has 1 amide bonds. The predicted molar refractivity (Wildman–Crippen MR) is 115 cm³/mol. The number of hydrogen-bond donors (Lipinski definition) is 1. The molecule has 6 heteroatoms. The molecule has 0 unspecified atom stereocenters. The van der Waals surface area contributed by atoms with Crippen molar-refractivity contribution in [2.45, 2.75) is 11.8 Å². The van der Waals surface area contributed by atoms with E-state index in [1.165, 1.54) is 10.5 Å². The highest BCUT2D eigenvalue weighted by molar-refractivity contribution is 7.99. The normalized spacial score (nSPS) is 14.5. The van der Waals surface area contributed by atoms with Crippen molar-refractivity contribution in [2.75, 3.05) is 49.9 Å². The zero-order chi connectivity index (χ0) is 19.8. The number of rotatable bonds is 7. The molecule has 1 fully saturated rings. The summed E-state index contributed by atoms with van der Waals surface area (Å²) in [6.07, 6.45) is 0. The lowest BCUT2D eigenvalue weighted by Crippen LogP contribution is -2.49. The van der Waals surface area contributed by atoms with Gasteiger partial charge < -0.3 is 10.2 Å². The molecule has 1 aliphatic heterocycles. The highest BCUT2D eigenvalue weighted by Gasteiger charge is 2.20. The summed E-state index contributed by atoms with van der Waals surface area (Å²) in [6, 6.07) is 18.4. The van der Waals surface area contributed by atoms with Gasteiger partial charge >= 0.3 is 0 Å². The first-order chi connectivity index (χ1) is 13.7. The minimum absolute atomic E-state index is 0.0791. The molecule has 2 aromatic carbocycles. The number of hydrogen-bond acceptors (Lipinski definition) is 5. The third kappa shape index (κ3) is 5.75. The highest BCUT2D eigenvalue weighted by Crippen LogP contribution is 2.21. The molecule has 0 aromatic heterocycles. The van der Waals surface area contributed by atoms with Gasteiger partial charge in [0.1, 0.15) is 6.07 Å². The van der Waals surface area contributed by atoms with Gasteiger partial charge in [0.25, 0.3) is 0 Å². The molecule has 3 rings (SSSR count). The van der Waals surface area contributed by atoms with Crippen LogP contribution in [0.4, 0.5) is 5.69 Å². The number of amides is 1.